The maximum atomic E-state index is 13.8. The van der Waals surface area contributed by atoms with E-state index in [1.807, 2.05) is 0 Å². The lowest BCUT2D eigenvalue weighted by Crippen LogP contribution is -2.06. The molecule has 0 amide bonds. The summed E-state index contributed by atoms with van der Waals surface area (Å²) in [5, 5.41) is 9.32. The normalized spacial score (nSPS) is 12.2. The highest BCUT2D eigenvalue weighted by Gasteiger charge is 2.07. The molecule has 0 saturated heterocycles. The summed E-state index contributed by atoms with van der Waals surface area (Å²) in [6, 6.07) is 11.1. The van der Waals surface area contributed by atoms with Gasteiger partial charge in [0, 0.05) is 6.04 Å². The Balaban J connectivity index is 2.07. The predicted octanol–water partition coefficient (Wildman–Crippen LogP) is 3.13. The Morgan fingerprint density at radius 1 is 1.26 bits per heavy atom. The molecule has 19 heavy (non-hydrogen) atoms. The average molecular weight is 261 g/mol. The van der Waals surface area contributed by atoms with Crippen LogP contribution in [0.5, 0.6) is 11.5 Å². The topological polar surface area (TPSA) is 55.5 Å². The van der Waals surface area contributed by atoms with E-state index in [2.05, 4.69) is 0 Å². The molecular weight excluding hydrogens is 245 g/mol. The molecule has 3 N–H and O–H groups in total. The van der Waals surface area contributed by atoms with Crippen molar-refractivity contribution in [3.8, 4) is 11.5 Å². The average Bonchev–Trinajstić information content (AvgIpc) is 2.37. The molecular formula is C15H16FNO2. The Kier molecular flexibility index (Phi) is 4.02. The van der Waals surface area contributed by atoms with Crippen LogP contribution in [0.4, 0.5) is 4.39 Å². The lowest BCUT2D eigenvalue weighted by Gasteiger charge is -2.10. The summed E-state index contributed by atoms with van der Waals surface area (Å²) in [6.45, 7) is 1.99. The molecule has 0 aliphatic rings. The highest BCUT2D eigenvalue weighted by molar-refractivity contribution is 5.32. The van der Waals surface area contributed by atoms with E-state index in [1.165, 1.54) is 6.07 Å². The van der Waals surface area contributed by atoms with E-state index in [4.69, 9.17) is 10.5 Å². The Morgan fingerprint density at radius 3 is 2.68 bits per heavy atom. The summed E-state index contributed by atoms with van der Waals surface area (Å²) in [7, 11) is 0. The molecule has 0 unspecified atom stereocenters. The molecule has 2 rings (SSSR count). The Hall–Kier alpha value is -2.07. The van der Waals surface area contributed by atoms with Gasteiger partial charge in [-0.15, -0.1) is 0 Å². The van der Waals surface area contributed by atoms with E-state index in [0.717, 1.165) is 11.1 Å². The zero-order chi connectivity index (χ0) is 13.8. The van der Waals surface area contributed by atoms with Crippen LogP contribution in [0.25, 0.3) is 0 Å². The largest absolute Gasteiger partial charge is 0.508 e. The van der Waals surface area contributed by atoms with Gasteiger partial charge in [-0.25, -0.2) is 4.39 Å². The first-order valence-corrected chi connectivity index (χ1v) is 6.02. The van der Waals surface area contributed by atoms with Crippen molar-refractivity contribution in [3.63, 3.8) is 0 Å². The number of ether oxygens (including phenoxy) is 1. The van der Waals surface area contributed by atoms with Gasteiger partial charge in [0.25, 0.3) is 0 Å². The number of hydrogen-bond acceptors (Lipinski definition) is 3. The summed E-state index contributed by atoms with van der Waals surface area (Å²) < 4.78 is 19.1. The summed E-state index contributed by atoms with van der Waals surface area (Å²) in [4.78, 5) is 0. The van der Waals surface area contributed by atoms with Crippen LogP contribution in [0.15, 0.2) is 42.5 Å². The van der Waals surface area contributed by atoms with Crippen molar-refractivity contribution in [2.75, 3.05) is 0 Å². The molecule has 0 radical (unpaired) electrons. The molecule has 2 aromatic carbocycles. The van der Waals surface area contributed by atoms with E-state index in [0.29, 0.717) is 0 Å². The summed E-state index contributed by atoms with van der Waals surface area (Å²) in [5.41, 5.74) is 7.18. The van der Waals surface area contributed by atoms with Gasteiger partial charge in [-0.2, -0.15) is 0 Å². The fourth-order valence-corrected chi connectivity index (χ4v) is 1.72. The highest BCUT2D eigenvalue weighted by Crippen LogP contribution is 2.22. The highest BCUT2D eigenvalue weighted by atomic mass is 19.1. The zero-order valence-electron chi connectivity index (χ0n) is 10.6. The monoisotopic (exact) mass is 261 g/mol. The Bertz CT molecular complexity index is 570. The van der Waals surface area contributed by atoms with Crippen LogP contribution in [-0.2, 0) is 6.61 Å². The van der Waals surface area contributed by atoms with Gasteiger partial charge >= 0.3 is 0 Å². The van der Waals surface area contributed by atoms with Crippen molar-refractivity contribution < 1.29 is 14.2 Å². The maximum Gasteiger partial charge on any atom is 0.165 e. The van der Waals surface area contributed by atoms with Gasteiger partial charge < -0.3 is 15.6 Å². The molecule has 0 fully saturated rings. The molecule has 4 heteroatoms. The van der Waals surface area contributed by atoms with Crippen molar-refractivity contribution >= 4 is 0 Å². The van der Waals surface area contributed by atoms with E-state index in [-0.39, 0.29) is 24.1 Å². The summed E-state index contributed by atoms with van der Waals surface area (Å²) in [6.07, 6.45) is 0. The van der Waals surface area contributed by atoms with Gasteiger partial charge in [0.2, 0.25) is 0 Å². The minimum Gasteiger partial charge on any atom is -0.508 e. The van der Waals surface area contributed by atoms with Crippen LogP contribution in [0, 0.1) is 5.82 Å². The maximum absolute atomic E-state index is 13.8. The van der Waals surface area contributed by atoms with Crippen LogP contribution in [0.3, 0.4) is 0 Å². The number of nitrogens with two attached hydrogens (primary N) is 1. The van der Waals surface area contributed by atoms with E-state index in [1.54, 1.807) is 43.3 Å². The van der Waals surface area contributed by atoms with Crippen LogP contribution in [0.1, 0.15) is 24.1 Å². The Labute approximate surface area is 111 Å². The van der Waals surface area contributed by atoms with Crippen molar-refractivity contribution in [1.29, 1.82) is 0 Å². The Morgan fingerprint density at radius 2 is 2.05 bits per heavy atom. The second-order valence-corrected chi connectivity index (χ2v) is 4.44. The van der Waals surface area contributed by atoms with Crippen molar-refractivity contribution in [3.05, 3.63) is 59.4 Å². The molecule has 0 aliphatic heterocycles. The van der Waals surface area contributed by atoms with Crippen molar-refractivity contribution in [2.24, 2.45) is 5.73 Å². The van der Waals surface area contributed by atoms with E-state index < -0.39 is 5.82 Å². The van der Waals surface area contributed by atoms with Gasteiger partial charge in [-0.1, -0.05) is 18.2 Å². The first kappa shape index (κ1) is 13.4. The molecule has 0 aliphatic carbocycles. The molecule has 2 aromatic rings. The van der Waals surface area contributed by atoms with E-state index in [9.17, 15) is 9.50 Å². The van der Waals surface area contributed by atoms with Gasteiger partial charge in [-0.3, -0.25) is 0 Å². The molecule has 100 valence electrons. The quantitative estimate of drug-likeness (QED) is 0.889. The van der Waals surface area contributed by atoms with Crippen LogP contribution in [-0.4, -0.2) is 5.11 Å². The van der Waals surface area contributed by atoms with Gasteiger partial charge in [-0.05, 0) is 42.3 Å². The minimum atomic E-state index is -0.435. The number of aromatic hydroxyl groups is 1. The zero-order valence-corrected chi connectivity index (χ0v) is 10.6. The molecule has 0 aromatic heterocycles. The van der Waals surface area contributed by atoms with E-state index >= 15 is 0 Å². The van der Waals surface area contributed by atoms with Crippen LogP contribution in [0.2, 0.25) is 0 Å². The SMILES string of the molecule is C[C@H](N)c1ccc(OCc2cccc(O)c2)c(F)c1. The lowest BCUT2D eigenvalue weighted by atomic mass is 10.1. The molecule has 0 spiro atoms. The number of phenols is 1. The summed E-state index contributed by atoms with van der Waals surface area (Å²) in [5.74, 6) is -0.100. The van der Waals surface area contributed by atoms with Crippen molar-refractivity contribution in [1.82, 2.24) is 0 Å². The minimum absolute atomic E-state index is 0.161. The summed E-state index contributed by atoms with van der Waals surface area (Å²) >= 11 is 0. The fraction of sp³-hybridized carbons (Fsp3) is 0.200. The number of benzene rings is 2. The van der Waals surface area contributed by atoms with Crippen molar-refractivity contribution in [2.45, 2.75) is 19.6 Å². The lowest BCUT2D eigenvalue weighted by molar-refractivity contribution is 0.289. The van der Waals surface area contributed by atoms with Crippen LogP contribution < -0.4 is 10.5 Å². The molecule has 0 heterocycles. The third kappa shape index (κ3) is 3.45. The second kappa shape index (κ2) is 5.71. The number of phenolic OH excluding ortho intramolecular Hbond substituents is 1. The van der Waals surface area contributed by atoms with Gasteiger partial charge in [0.1, 0.15) is 12.4 Å². The first-order valence-electron chi connectivity index (χ1n) is 6.02. The third-order valence-corrected chi connectivity index (χ3v) is 2.79. The first-order chi connectivity index (χ1) is 9.06. The number of hydrogen-bond donors (Lipinski definition) is 2. The molecule has 0 bridgehead atoms. The number of rotatable bonds is 4. The smallest absolute Gasteiger partial charge is 0.165 e. The second-order valence-electron chi connectivity index (χ2n) is 4.44. The van der Waals surface area contributed by atoms with Gasteiger partial charge in [0.15, 0.2) is 11.6 Å². The third-order valence-electron chi connectivity index (χ3n) is 2.79. The number of halogens is 1. The fourth-order valence-electron chi connectivity index (χ4n) is 1.72. The van der Waals surface area contributed by atoms with Crippen LogP contribution >= 0.6 is 0 Å². The molecule has 1 atom stereocenters. The molecule has 0 saturated carbocycles. The van der Waals surface area contributed by atoms with Gasteiger partial charge in [0.05, 0.1) is 0 Å². The predicted molar refractivity (Wildman–Crippen MR) is 71.4 cm³/mol. The molecule has 3 nitrogen and oxygen atoms in total. The standard InChI is InChI=1S/C15H16FNO2/c1-10(17)12-5-6-15(14(16)8-12)19-9-11-3-2-4-13(18)7-11/h2-8,10,18H,9,17H2,1H3/t10-/m0/s1.